The van der Waals surface area contributed by atoms with Crippen molar-refractivity contribution >= 4 is 16.9 Å². The van der Waals surface area contributed by atoms with Crippen molar-refractivity contribution in [3.8, 4) is 0 Å². The molecule has 0 spiro atoms. The van der Waals surface area contributed by atoms with Gasteiger partial charge in [0, 0.05) is 24.9 Å². The van der Waals surface area contributed by atoms with Crippen LogP contribution < -0.4 is 0 Å². The molecule has 7 heteroatoms. The monoisotopic (exact) mass is 373 g/mol. The zero-order valence-electron chi connectivity index (χ0n) is 15.3. The molecule has 3 rings (SSSR count). The fourth-order valence-electron chi connectivity index (χ4n) is 3.16. The molecule has 144 valence electrons. The van der Waals surface area contributed by atoms with Crippen molar-refractivity contribution < 1.29 is 19.0 Å². The minimum atomic E-state index is -1.23. The summed E-state index contributed by atoms with van der Waals surface area (Å²) in [6, 6.07) is 5.97. The Balaban J connectivity index is 1.82. The van der Waals surface area contributed by atoms with E-state index in [0.29, 0.717) is 13.0 Å². The van der Waals surface area contributed by atoms with Gasteiger partial charge in [-0.3, -0.25) is 9.89 Å². The lowest BCUT2D eigenvalue weighted by molar-refractivity contribution is -0.151. The summed E-state index contributed by atoms with van der Waals surface area (Å²) in [7, 11) is 0. The number of aliphatic hydroxyl groups excluding tert-OH is 1. The van der Waals surface area contributed by atoms with Crippen LogP contribution in [0.1, 0.15) is 25.3 Å². The molecule has 0 radical (unpaired) electrons. The molecule has 0 aliphatic carbocycles. The number of hydrogen-bond donors (Lipinski definition) is 2. The highest BCUT2D eigenvalue weighted by atomic mass is 19.1. The molecule has 27 heavy (non-hydrogen) atoms. The average Bonchev–Trinajstić information content (AvgIpc) is 3.10. The SMILES string of the molecule is CCOC(=O)C1CN(Cc2ccc3[nH]ncc3c2)/C=C/CC/C(F)=C/C1O. The van der Waals surface area contributed by atoms with Crippen LogP contribution in [0.25, 0.3) is 10.9 Å². The van der Waals surface area contributed by atoms with E-state index in [1.165, 1.54) is 0 Å². The molecule has 0 bridgehead atoms. The van der Waals surface area contributed by atoms with Crippen LogP contribution in [-0.2, 0) is 16.1 Å². The Bertz CT molecular complexity index is 846. The van der Waals surface area contributed by atoms with Crippen LogP contribution in [-0.4, -0.2) is 45.4 Å². The number of rotatable bonds is 4. The van der Waals surface area contributed by atoms with E-state index >= 15 is 0 Å². The number of H-pyrrole nitrogens is 1. The highest BCUT2D eigenvalue weighted by Gasteiger charge is 2.29. The second-order valence-electron chi connectivity index (χ2n) is 6.61. The first-order chi connectivity index (χ1) is 13.1. The van der Waals surface area contributed by atoms with Gasteiger partial charge in [-0.15, -0.1) is 0 Å². The minimum Gasteiger partial charge on any atom is -0.466 e. The summed E-state index contributed by atoms with van der Waals surface area (Å²) in [5.41, 5.74) is 2.00. The molecule has 2 N–H and O–H groups in total. The number of halogens is 1. The lowest BCUT2D eigenvalue weighted by atomic mass is 9.99. The Morgan fingerprint density at radius 2 is 2.33 bits per heavy atom. The summed E-state index contributed by atoms with van der Waals surface area (Å²) in [6.45, 7) is 2.69. The van der Waals surface area contributed by atoms with Crippen molar-refractivity contribution in [2.75, 3.05) is 13.2 Å². The first-order valence-electron chi connectivity index (χ1n) is 9.10. The Morgan fingerprint density at radius 1 is 1.48 bits per heavy atom. The predicted octanol–water partition coefficient (Wildman–Crippen LogP) is 3.07. The van der Waals surface area contributed by atoms with E-state index in [4.69, 9.17) is 4.74 Å². The standard InChI is InChI=1S/C20H24FN3O3/c1-2-27-20(26)17-13-24(8-4-3-5-16(21)10-19(17)25)12-14-6-7-18-15(9-14)11-22-23-18/h4,6-11,17,19,25H,2-3,5,12-13H2,1H3,(H,22,23)/b8-4+,16-10-. The molecular formula is C20H24FN3O3. The van der Waals surface area contributed by atoms with Gasteiger partial charge in [-0.1, -0.05) is 12.1 Å². The quantitative estimate of drug-likeness (QED) is 0.806. The van der Waals surface area contributed by atoms with Crippen LogP contribution >= 0.6 is 0 Å². The molecule has 1 aliphatic rings. The third-order valence-electron chi connectivity index (χ3n) is 4.54. The number of carbonyl (C=O) groups excluding carboxylic acids is 1. The molecular weight excluding hydrogens is 349 g/mol. The zero-order valence-corrected chi connectivity index (χ0v) is 15.3. The van der Waals surface area contributed by atoms with Crippen LogP contribution in [0.3, 0.4) is 0 Å². The van der Waals surface area contributed by atoms with Gasteiger partial charge in [-0.2, -0.15) is 5.10 Å². The minimum absolute atomic E-state index is 0.192. The van der Waals surface area contributed by atoms with Crippen molar-refractivity contribution in [1.82, 2.24) is 15.1 Å². The van der Waals surface area contributed by atoms with Gasteiger partial charge in [-0.25, -0.2) is 4.39 Å². The second-order valence-corrected chi connectivity index (χ2v) is 6.61. The second kappa shape index (κ2) is 8.81. The van der Waals surface area contributed by atoms with E-state index in [1.807, 2.05) is 35.4 Å². The predicted molar refractivity (Wildman–Crippen MR) is 100 cm³/mol. The Hall–Kier alpha value is -2.67. The number of hydrogen-bond acceptors (Lipinski definition) is 5. The van der Waals surface area contributed by atoms with Crippen molar-refractivity contribution in [2.45, 2.75) is 32.4 Å². The number of aromatic nitrogens is 2. The van der Waals surface area contributed by atoms with Crippen LogP contribution in [0, 0.1) is 5.92 Å². The fourth-order valence-corrected chi connectivity index (χ4v) is 3.16. The Morgan fingerprint density at radius 3 is 3.15 bits per heavy atom. The third kappa shape index (κ3) is 4.95. The van der Waals surface area contributed by atoms with Crippen molar-refractivity contribution in [3.05, 3.63) is 54.1 Å². The number of aromatic amines is 1. The molecule has 6 nitrogen and oxygen atoms in total. The van der Waals surface area contributed by atoms with E-state index in [2.05, 4.69) is 10.2 Å². The van der Waals surface area contributed by atoms with Gasteiger partial charge in [0.25, 0.3) is 0 Å². The van der Waals surface area contributed by atoms with Crippen molar-refractivity contribution in [1.29, 1.82) is 0 Å². The normalized spacial score (nSPS) is 24.3. The van der Waals surface area contributed by atoms with Gasteiger partial charge >= 0.3 is 5.97 Å². The van der Waals surface area contributed by atoms with Crippen LogP contribution in [0.4, 0.5) is 4.39 Å². The highest BCUT2D eigenvalue weighted by molar-refractivity contribution is 5.78. The summed E-state index contributed by atoms with van der Waals surface area (Å²) >= 11 is 0. The van der Waals surface area contributed by atoms with Gasteiger partial charge < -0.3 is 14.7 Å². The van der Waals surface area contributed by atoms with E-state index in [0.717, 1.165) is 22.5 Å². The first-order valence-corrected chi connectivity index (χ1v) is 9.10. The summed E-state index contributed by atoms with van der Waals surface area (Å²) < 4.78 is 19.0. The number of nitrogens with one attached hydrogen (secondary N) is 1. The number of nitrogens with zero attached hydrogens (tertiary/aromatic N) is 2. The van der Waals surface area contributed by atoms with E-state index in [1.54, 1.807) is 13.1 Å². The first kappa shape index (κ1) is 19.1. The van der Waals surface area contributed by atoms with Gasteiger partial charge in [0.2, 0.25) is 0 Å². The molecule has 0 saturated carbocycles. The van der Waals surface area contributed by atoms with Gasteiger partial charge in [0.15, 0.2) is 0 Å². The van der Waals surface area contributed by atoms with Crippen molar-refractivity contribution in [2.24, 2.45) is 5.92 Å². The zero-order chi connectivity index (χ0) is 19.2. The summed E-state index contributed by atoms with van der Waals surface area (Å²) in [5.74, 6) is -1.81. The highest BCUT2D eigenvalue weighted by Crippen LogP contribution is 2.20. The maximum Gasteiger partial charge on any atom is 0.313 e. The van der Waals surface area contributed by atoms with E-state index in [-0.39, 0.29) is 19.6 Å². The fraction of sp³-hybridized carbons (Fsp3) is 0.400. The average molecular weight is 373 g/mol. The number of carbonyl (C=O) groups is 1. The molecule has 2 atom stereocenters. The molecule has 1 aliphatic heterocycles. The molecule has 0 fully saturated rings. The van der Waals surface area contributed by atoms with Crippen LogP contribution in [0.2, 0.25) is 0 Å². The van der Waals surface area contributed by atoms with Crippen molar-refractivity contribution in [3.63, 3.8) is 0 Å². The molecule has 1 aromatic carbocycles. The van der Waals surface area contributed by atoms with Crippen LogP contribution in [0.5, 0.6) is 0 Å². The largest absolute Gasteiger partial charge is 0.466 e. The van der Waals surface area contributed by atoms with Gasteiger partial charge in [0.1, 0.15) is 5.92 Å². The lowest BCUT2D eigenvalue weighted by Gasteiger charge is -2.28. The van der Waals surface area contributed by atoms with Crippen LogP contribution in [0.15, 0.2) is 48.6 Å². The molecule has 0 saturated heterocycles. The number of benzene rings is 1. The van der Waals surface area contributed by atoms with Gasteiger partial charge in [-0.05, 0) is 43.3 Å². The van der Waals surface area contributed by atoms with Gasteiger partial charge in [0.05, 0.1) is 30.3 Å². The molecule has 1 aromatic heterocycles. The number of esters is 1. The Labute approximate surface area is 157 Å². The number of allylic oxidation sites excluding steroid dienone is 2. The van der Waals surface area contributed by atoms with E-state index < -0.39 is 23.8 Å². The maximum atomic E-state index is 13.9. The number of aliphatic hydroxyl groups is 1. The maximum absolute atomic E-state index is 13.9. The summed E-state index contributed by atoms with van der Waals surface area (Å²) in [5, 5.41) is 18.3. The topological polar surface area (TPSA) is 78.5 Å². The molecule has 2 unspecified atom stereocenters. The summed E-state index contributed by atoms with van der Waals surface area (Å²) in [4.78, 5) is 14.3. The number of fused-ring (bicyclic) bond motifs is 1. The lowest BCUT2D eigenvalue weighted by Crippen LogP contribution is -2.38. The molecule has 0 amide bonds. The van der Waals surface area contributed by atoms with E-state index in [9.17, 15) is 14.3 Å². The smallest absolute Gasteiger partial charge is 0.313 e. The molecule has 2 heterocycles. The number of ether oxygens (including phenoxy) is 1. The third-order valence-corrected chi connectivity index (χ3v) is 4.54. The summed E-state index contributed by atoms with van der Waals surface area (Å²) in [6.07, 6.45) is 6.11. The molecule has 2 aromatic rings. The Kier molecular flexibility index (Phi) is 6.24.